The summed E-state index contributed by atoms with van der Waals surface area (Å²) in [5, 5.41) is 2.81. The summed E-state index contributed by atoms with van der Waals surface area (Å²) in [5.74, 6) is 0.835. The molecule has 25 heavy (non-hydrogen) atoms. The minimum absolute atomic E-state index is 0.130. The van der Waals surface area contributed by atoms with E-state index in [9.17, 15) is 9.59 Å². The maximum Gasteiger partial charge on any atom is 0.267 e. The van der Waals surface area contributed by atoms with Crippen molar-refractivity contribution in [1.29, 1.82) is 0 Å². The molecule has 2 aromatic carbocycles. The molecule has 1 unspecified atom stereocenters. The number of amides is 2. The summed E-state index contributed by atoms with van der Waals surface area (Å²) in [5.41, 5.74) is 1.32. The average Bonchev–Trinajstić information content (AvgIpc) is 2.62. The molecule has 1 atom stereocenters. The molecule has 0 aliphatic carbocycles. The van der Waals surface area contributed by atoms with Crippen molar-refractivity contribution < 1.29 is 19.1 Å². The minimum Gasteiger partial charge on any atom is -0.494 e. The number of ether oxygens (including phenoxy) is 2. The van der Waals surface area contributed by atoms with Gasteiger partial charge in [-0.15, -0.1) is 0 Å². The Morgan fingerprint density at radius 1 is 1.20 bits per heavy atom. The van der Waals surface area contributed by atoms with Gasteiger partial charge < -0.3 is 19.7 Å². The quantitative estimate of drug-likeness (QED) is 0.929. The number of hydrogen-bond donors (Lipinski definition) is 1. The molecule has 0 aromatic heterocycles. The fourth-order valence-electron chi connectivity index (χ4n) is 2.69. The maximum atomic E-state index is 12.6. The zero-order chi connectivity index (χ0) is 17.8. The lowest BCUT2D eigenvalue weighted by Crippen LogP contribution is -2.48. The molecule has 0 spiro atoms. The first-order valence-corrected chi connectivity index (χ1v) is 8.16. The molecule has 0 saturated heterocycles. The zero-order valence-corrected chi connectivity index (χ0v) is 14.2. The van der Waals surface area contributed by atoms with Gasteiger partial charge in [0.2, 0.25) is 5.91 Å². The molecular formula is C19H20N2O4. The number of carbonyl (C=O) groups excluding carboxylic acids is 2. The van der Waals surface area contributed by atoms with Crippen molar-refractivity contribution in [2.45, 2.75) is 20.0 Å². The number of anilines is 2. The molecule has 1 aliphatic rings. The van der Waals surface area contributed by atoms with E-state index in [1.807, 2.05) is 19.1 Å². The van der Waals surface area contributed by atoms with Crippen molar-refractivity contribution in [3.63, 3.8) is 0 Å². The molecule has 130 valence electrons. The largest absolute Gasteiger partial charge is 0.494 e. The smallest absolute Gasteiger partial charge is 0.267 e. The van der Waals surface area contributed by atoms with Crippen molar-refractivity contribution in [1.82, 2.24) is 0 Å². The van der Waals surface area contributed by atoms with Crippen LogP contribution in [0.2, 0.25) is 0 Å². The number of rotatable bonds is 4. The number of carbonyl (C=O) groups is 2. The number of nitrogens with zero attached hydrogens (tertiary/aromatic N) is 1. The third kappa shape index (κ3) is 3.74. The minimum atomic E-state index is -0.773. The first-order chi connectivity index (χ1) is 12.1. The second-order valence-electron chi connectivity index (χ2n) is 5.65. The summed E-state index contributed by atoms with van der Waals surface area (Å²) >= 11 is 0. The van der Waals surface area contributed by atoms with Gasteiger partial charge in [0.15, 0.2) is 6.10 Å². The van der Waals surface area contributed by atoms with Gasteiger partial charge in [-0.05, 0) is 43.3 Å². The van der Waals surface area contributed by atoms with Crippen molar-refractivity contribution in [3.05, 3.63) is 48.5 Å². The third-order valence-corrected chi connectivity index (χ3v) is 3.88. The molecule has 0 fully saturated rings. The fraction of sp³-hybridized carbons (Fsp3) is 0.263. The Kier molecular flexibility index (Phi) is 4.88. The summed E-state index contributed by atoms with van der Waals surface area (Å²) in [6, 6.07) is 14.3. The lowest BCUT2D eigenvalue weighted by molar-refractivity contribution is -0.123. The van der Waals surface area contributed by atoms with E-state index in [1.54, 1.807) is 41.3 Å². The predicted octanol–water partition coefficient (Wildman–Crippen LogP) is 2.84. The topological polar surface area (TPSA) is 67.9 Å². The molecule has 2 aromatic rings. The van der Waals surface area contributed by atoms with E-state index in [1.165, 1.54) is 6.92 Å². The summed E-state index contributed by atoms with van der Waals surface area (Å²) in [6.45, 7) is 4.15. The summed E-state index contributed by atoms with van der Waals surface area (Å²) < 4.78 is 11.2. The fourth-order valence-corrected chi connectivity index (χ4v) is 2.69. The molecule has 0 radical (unpaired) electrons. The summed E-state index contributed by atoms with van der Waals surface area (Å²) in [7, 11) is 0. The highest BCUT2D eigenvalue weighted by Crippen LogP contribution is 2.33. The average molecular weight is 340 g/mol. The summed E-state index contributed by atoms with van der Waals surface area (Å²) in [6.07, 6.45) is -0.773. The lowest BCUT2D eigenvalue weighted by atomic mass is 10.1. The first-order valence-electron chi connectivity index (χ1n) is 8.16. The Balaban J connectivity index is 1.73. The molecule has 6 heteroatoms. The Bertz CT molecular complexity index is 773. The maximum absolute atomic E-state index is 12.6. The van der Waals surface area contributed by atoms with Gasteiger partial charge in [-0.3, -0.25) is 9.59 Å². The molecule has 1 aliphatic heterocycles. The molecular weight excluding hydrogens is 320 g/mol. The normalized spacial score (nSPS) is 15.8. The van der Waals surface area contributed by atoms with E-state index in [0.29, 0.717) is 23.7 Å². The van der Waals surface area contributed by atoms with Gasteiger partial charge >= 0.3 is 0 Å². The van der Waals surface area contributed by atoms with Crippen LogP contribution in [0.5, 0.6) is 11.5 Å². The van der Waals surface area contributed by atoms with E-state index in [2.05, 4.69) is 5.32 Å². The molecule has 6 nitrogen and oxygen atoms in total. The monoisotopic (exact) mass is 340 g/mol. The van der Waals surface area contributed by atoms with Crippen LogP contribution < -0.4 is 19.7 Å². The molecule has 2 amide bonds. The third-order valence-electron chi connectivity index (χ3n) is 3.88. The van der Waals surface area contributed by atoms with Gasteiger partial charge in [0, 0.05) is 12.6 Å². The van der Waals surface area contributed by atoms with Crippen molar-refractivity contribution in [2.75, 3.05) is 23.4 Å². The van der Waals surface area contributed by atoms with E-state index >= 15 is 0 Å². The lowest BCUT2D eigenvalue weighted by Gasteiger charge is -2.33. The van der Waals surface area contributed by atoms with Crippen LogP contribution >= 0.6 is 0 Å². The van der Waals surface area contributed by atoms with Crippen LogP contribution in [-0.2, 0) is 9.59 Å². The first kappa shape index (κ1) is 16.8. The highest BCUT2D eigenvalue weighted by atomic mass is 16.5. The predicted molar refractivity (Wildman–Crippen MR) is 95.1 cm³/mol. The molecule has 0 bridgehead atoms. The number of hydrogen-bond acceptors (Lipinski definition) is 4. The van der Waals surface area contributed by atoms with E-state index < -0.39 is 6.10 Å². The standard InChI is InChI=1S/C19H20N2O4/c1-3-24-15-10-8-14(9-11-15)20-19(23)18-12-21(13(2)22)16-6-4-5-7-17(16)25-18/h4-11,18H,3,12H2,1-2H3,(H,20,23). The van der Waals surface area contributed by atoms with Crippen LogP contribution in [0.4, 0.5) is 11.4 Å². The number of benzene rings is 2. The van der Waals surface area contributed by atoms with E-state index in [4.69, 9.17) is 9.47 Å². The van der Waals surface area contributed by atoms with Gasteiger partial charge in [0.05, 0.1) is 18.8 Å². The molecule has 0 saturated carbocycles. The van der Waals surface area contributed by atoms with Crippen LogP contribution in [-0.4, -0.2) is 31.1 Å². The van der Waals surface area contributed by atoms with Crippen molar-refractivity contribution in [3.8, 4) is 11.5 Å². The van der Waals surface area contributed by atoms with Gasteiger partial charge in [0.1, 0.15) is 11.5 Å². The second-order valence-corrected chi connectivity index (χ2v) is 5.65. The van der Waals surface area contributed by atoms with Gasteiger partial charge in [-0.2, -0.15) is 0 Å². The van der Waals surface area contributed by atoms with Gasteiger partial charge in [0.25, 0.3) is 5.91 Å². The van der Waals surface area contributed by atoms with E-state index in [-0.39, 0.29) is 18.4 Å². The Morgan fingerprint density at radius 3 is 2.60 bits per heavy atom. The molecule has 1 N–H and O–H groups in total. The van der Waals surface area contributed by atoms with E-state index in [0.717, 1.165) is 5.75 Å². The van der Waals surface area contributed by atoms with Crippen molar-refractivity contribution in [2.24, 2.45) is 0 Å². The van der Waals surface area contributed by atoms with Crippen LogP contribution in [0, 0.1) is 0 Å². The van der Waals surface area contributed by atoms with Crippen LogP contribution in [0.25, 0.3) is 0 Å². The van der Waals surface area contributed by atoms with Gasteiger partial charge in [-0.1, -0.05) is 12.1 Å². The van der Waals surface area contributed by atoms with Gasteiger partial charge in [-0.25, -0.2) is 0 Å². The van der Waals surface area contributed by atoms with Crippen LogP contribution in [0.3, 0.4) is 0 Å². The SMILES string of the molecule is CCOc1ccc(NC(=O)C2CN(C(C)=O)c3ccccc3O2)cc1. The Hall–Kier alpha value is -3.02. The Morgan fingerprint density at radius 2 is 1.92 bits per heavy atom. The number of nitrogens with one attached hydrogen (secondary N) is 1. The highest BCUT2D eigenvalue weighted by molar-refractivity contribution is 5.99. The van der Waals surface area contributed by atoms with Crippen LogP contribution in [0.15, 0.2) is 48.5 Å². The highest BCUT2D eigenvalue weighted by Gasteiger charge is 2.32. The Labute approximate surface area is 146 Å². The second kappa shape index (κ2) is 7.25. The van der Waals surface area contributed by atoms with Crippen molar-refractivity contribution >= 4 is 23.2 Å². The number of para-hydroxylation sites is 2. The number of fused-ring (bicyclic) bond motifs is 1. The summed E-state index contributed by atoms with van der Waals surface area (Å²) in [4.78, 5) is 26.0. The zero-order valence-electron chi connectivity index (χ0n) is 14.2. The van der Waals surface area contributed by atoms with Crippen LogP contribution in [0.1, 0.15) is 13.8 Å². The molecule has 1 heterocycles. The molecule has 3 rings (SSSR count).